The Morgan fingerprint density at radius 1 is 1.32 bits per heavy atom. The van der Waals surface area contributed by atoms with Gasteiger partial charge in [-0.05, 0) is 30.5 Å². The van der Waals surface area contributed by atoms with Gasteiger partial charge in [0.1, 0.15) is 0 Å². The molecular weight excluding hydrogens is 260 g/mol. The van der Waals surface area contributed by atoms with Crippen molar-refractivity contribution in [2.45, 2.75) is 26.2 Å². The molecule has 2 rings (SSSR count). The second-order valence-electron chi connectivity index (χ2n) is 4.20. The lowest BCUT2D eigenvalue weighted by Gasteiger charge is -2.04. The average Bonchev–Trinajstić information content (AvgIpc) is 2.85. The first-order valence-corrected chi connectivity index (χ1v) is 7.00. The summed E-state index contributed by atoms with van der Waals surface area (Å²) in [6.45, 7) is 2.17. The van der Waals surface area contributed by atoms with Gasteiger partial charge in [-0.3, -0.25) is 4.79 Å². The first kappa shape index (κ1) is 13.5. The minimum atomic E-state index is -0.282. The van der Waals surface area contributed by atoms with Crippen molar-refractivity contribution in [2.75, 3.05) is 11.1 Å². The molecule has 0 aliphatic heterocycles. The minimum absolute atomic E-state index is 0.271. The van der Waals surface area contributed by atoms with Crippen molar-refractivity contribution in [1.29, 1.82) is 0 Å². The fourth-order valence-electron chi connectivity index (χ4n) is 1.65. The van der Waals surface area contributed by atoms with Gasteiger partial charge in [0, 0.05) is 5.69 Å². The fourth-order valence-corrected chi connectivity index (χ4v) is 2.15. The smallest absolute Gasteiger partial charge is 0.286 e. The van der Waals surface area contributed by atoms with E-state index in [9.17, 15) is 4.79 Å². The number of rotatable bonds is 5. The third kappa shape index (κ3) is 3.75. The molecule has 0 radical (unpaired) electrons. The van der Waals surface area contributed by atoms with Crippen LogP contribution in [0.25, 0.3) is 0 Å². The van der Waals surface area contributed by atoms with Crippen LogP contribution in [0, 0.1) is 0 Å². The number of hydrogen-bond donors (Lipinski definition) is 2. The molecule has 0 aliphatic carbocycles. The summed E-state index contributed by atoms with van der Waals surface area (Å²) in [4.78, 5) is 11.8. The lowest BCUT2D eigenvalue weighted by atomic mass is 10.1. The zero-order valence-corrected chi connectivity index (χ0v) is 11.5. The van der Waals surface area contributed by atoms with Gasteiger partial charge in [-0.2, -0.15) is 0 Å². The highest BCUT2D eigenvalue weighted by molar-refractivity contribution is 7.16. The summed E-state index contributed by atoms with van der Waals surface area (Å²) < 4.78 is 0. The molecule has 0 saturated carbocycles. The second kappa shape index (κ2) is 6.29. The number of nitrogens with two attached hydrogens (primary N) is 1. The van der Waals surface area contributed by atoms with Gasteiger partial charge >= 0.3 is 0 Å². The van der Waals surface area contributed by atoms with E-state index in [0.717, 1.165) is 23.4 Å². The number of carbonyl (C=O) groups excluding carboxylic acids is 1. The van der Waals surface area contributed by atoms with Gasteiger partial charge < -0.3 is 11.1 Å². The molecule has 19 heavy (non-hydrogen) atoms. The number of unbranched alkanes of at least 4 members (excludes halogenated alkanes) is 1. The quantitative estimate of drug-likeness (QED) is 0.879. The normalized spacial score (nSPS) is 10.4. The summed E-state index contributed by atoms with van der Waals surface area (Å²) in [5.74, 6) is -0.282. The largest absolute Gasteiger partial charge is 0.374 e. The van der Waals surface area contributed by atoms with Crippen molar-refractivity contribution in [3.05, 3.63) is 34.8 Å². The molecule has 0 aliphatic rings. The second-order valence-corrected chi connectivity index (χ2v) is 5.21. The molecule has 1 amide bonds. The van der Waals surface area contributed by atoms with Crippen molar-refractivity contribution in [3.63, 3.8) is 0 Å². The third-order valence-electron chi connectivity index (χ3n) is 2.67. The lowest BCUT2D eigenvalue weighted by molar-refractivity contribution is 0.102. The maximum absolute atomic E-state index is 11.8. The zero-order chi connectivity index (χ0) is 13.7. The van der Waals surface area contributed by atoms with Crippen molar-refractivity contribution >= 4 is 28.1 Å². The molecule has 1 heterocycles. The molecule has 0 fully saturated rings. The molecule has 0 atom stereocenters. The topological polar surface area (TPSA) is 80.9 Å². The van der Waals surface area contributed by atoms with E-state index in [0.29, 0.717) is 5.13 Å². The molecule has 5 nitrogen and oxygen atoms in total. The molecule has 6 heteroatoms. The highest BCUT2D eigenvalue weighted by Gasteiger charge is 2.11. The number of nitrogens with zero attached hydrogens (tertiary/aromatic N) is 2. The van der Waals surface area contributed by atoms with Gasteiger partial charge in [0.2, 0.25) is 10.1 Å². The van der Waals surface area contributed by atoms with Crippen LogP contribution in [-0.2, 0) is 6.42 Å². The Labute approximate surface area is 115 Å². The summed E-state index contributed by atoms with van der Waals surface area (Å²) in [6, 6.07) is 7.85. The summed E-state index contributed by atoms with van der Waals surface area (Å²) in [5, 5.41) is 10.6. The number of anilines is 2. The molecule has 0 bridgehead atoms. The number of benzene rings is 1. The number of aryl methyl sites for hydroxylation is 1. The van der Waals surface area contributed by atoms with Crippen LogP contribution in [0.5, 0.6) is 0 Å². The number of hydrogen-bond acceptors (Lipinski definition) is 5. The lowest BCUT2D eigenvalue weighted by Crippen LogP contribution is -2.11. The number of nitrogen functional groups attached to an aromatic ring is 1. The van der Waals surface area contributed by atoms with Gasteiger partial charge in [-0.25, -0.2) is 0 Å². The minimum Gasteiger partial charge on any atom is -0.374 e. The van der Waals surface area contributed by atoms with Gasteiger partial charge in [-0.1, -0.05) is 36.8 Å². The Morgan fingerprint density at radius 2 is 2.05 bits per heavy atom. The fraction of sp³-hybridized carbons (Fsp3) is 0.308. The van der Waals surface area contributed by atoms with Crippen LogP contribution in [0.1, 0.15) is 35.1 Å². The number of carbonyl (C=O) groups is 1. The van der Waals surface area contributed by atoms with E-state index in [1.165, 1.54) is 18.4 Å². The molecule has 2 aromatic rings. The molecule has 3 N–H and O–H groups in total. The Morgan fingerprint density at radius 3 is 2.63 bits per heavy atom. The molecule has 100 valence electrons. The van der Waals surface area contributed by atoms with Crippen LogP contribution < -0.4 is 11.1 Å². The van der Waals surface area contributed by atoms with E-state index < -0.39 is 0 Å². The molecule has 0 saturated heterocycles. The first-order valence-electron chi connectivity index (χ1n) is 6.18. The maximum atomic E-state index is 11.8. The van der Waals surface area contributed by atoms with Gasteiger partial charge in [-0.15, -0.1) is 10.2 Å². The average molecular weight is 276 g/mol. The molecule has 0 unspecified atom stereocenters. The summed E-state index contributed by atoms with van der Waals surface area (Å²) >= 11 is 1.07. The van der Waals surface area contributed by atoms with E-state index in [2.05, 4.69) is 22.4 Å². The number of aromatic nitrogens is 2. The van der Waals surface area contributed by atoms with Crippen LogP contribution in [0.3, 0.4) is 0 Å². The van der Waals surface area contributed by atoms with E-state index in [4.69, 9.17) is 5.73 Å². The van der Waals surface area contributed by atoms with Crippen LogP contribution in [0.2, 0.25) is 0 Å². The van der Waals surface area contributed by atoms with Crippen LogP contribution in [-0.4, -0.2) is 16.1 Å². The van der Waals surface area contributed by atoms with Gasteiger partial charge in [0.25, 0.3) is 5.91 Å². The zero-order valence-electron chi connectivity index (χ0n) is 10.7. The Bertz CT molecular complexity index is 550. The molecule has 1 aromatic carbocycles. The van der Waals surface area contributed by atoms with Crippen molar-refractivity contribution in [3.8, 4) is 0 Å². The van der Waals surface area contributed by atoms with E-state index >= 15 is 0 Å². The maximum Gasteiger partial charge on any atom is 0.286 e. The standard InChI is InChI=1S/C13H16N4OS/c1-2-3-4-9-5-7-10(8-6-9)15-11(18)12-16-17-13(14)19-12/h5-8H,2-4H2,1H3,(H2,14,17)(H,15,18). The predicted molar refractivity (Wildman–Crippen MR) is 77.3 cm³/mol. The number of amides is 1. The summed E-state index contributed by atoms with van der Waals surface area (Å²) in [6.07, 6.45) is 3.42. The monoisotopic (exact) mass is 276 g/mol. The molecule has 0 spiro atoms. The first-order chi connectivity index (χ1) is 9.19. The van der Waals surface area contributed by atoms with E-state index in [1.54, 1.807) is 0 Å². The van der Waals surface area contributed by atoms with Crippen LogP contribution >= 0.6 is 11.3 Å². The van der Waals surface area contributed by atoms with Gasteiger partial charge in [0.05, 0.1) is 0 Å². The molecular formula is C13H16N4OS. The summed E-state index contributed by atoms with van der Waals surface area (Å²) in [5.41, 5.74) is 7.47. The van der Waals surface area contributed by atoms with Crippen molar-refractivity contribution < 1.29 is 4.79 Å². The number of nitrogens with one attached hydrogen (secondary N) is 1. The van der Waals surface area contributed by atoms with E-state index in [-0.39, 0.29) is 10.9 Å². The highest BCUT2D eigenvalue weighted by Crippen LogP contribution is 2.15. The van der Waals surface area contributed by atoms with Crippen LogP contribution in [0.15, 0.2) is 24.3 Å². The van der Waals surface area contributed by atoms with Gasteiger partial charge in [0.15, 0.2) is 0 Å². The van der Waals surface area contributed by atoms with Crippen molar-refractivity contribution in [1.82, 2.24) is 10.2 Å². The highest BCUT2D eigenvalue weighted by atomic mass is 32.1. The third-order valence-corrected chi connectivity index (χ3v) is 3.42. The molecule has 1 aromatic heterocycles. The predicted octanol–water partition coefficient (Wildman–Crippen LogP) is 2.72. The Kier molecular flexibility index (Phi) is 4.46. The summed E-state index contributed by atoms with van der Waals surface area (Å²) in [7, 11) is 0. The Balaban J connectivity index is 1.97. The van der Waals surface area contributed by atoms with Crippen molar-refractivity contribution in [2.24, 2.45) is 0 Å². The van der Waals surface area contributed by atoms with E-state index in [1.807, 2.05) is 24.3 Å². The Hall–Kier alpha value is -1.95. The SMILES string of the molecule is CCCCc1ccc(NC(=O)c2nnc(N)s2)cc1. The van der Waals surface area contributed by atoms with Crippen LogP contribution in [0.4, 0.5) is 10.8 Å².